The number of aromatic nitrogens is 3. The van der Waals surface area contributed by atoms with Crippen LogP contribution in [0.2, 0.25) is 5.02 Å². The van der Waals surface area contributed by atoms with Gasteiger partial charge in [0.25, 0.3) is 0 Å². The fourth-order valence-corrected chi connectivity index (χ4v) is 5.22. The Morgan fingerprint density at radius 3 is 2.69 bits per heavy atom. The highest BCUT2D eigenvalue weighted by Gasteiger charge is 2.33. The Kier molecular flexibility index (Phi) is 8.59. The molecule has 1 atom stereocenters. The van der Waals surface area contributed by atoms with Crippen LogP contribution in [0.4, 0.5) is 5.95 Å². The van der Waals surface area contributed by atoms with Crippen molar-refractivity contribution in [2.24, 2.45) is 0 Å². The summed E-state index contributed by atoms with van der Waals surface area (Å²) in [6, 6.07) is 12.9. The number of rotatable bonds is 11. The zero-order chi connectivity index (χ0) is 25.7. The number of thioether (sulfide) groups is 1. The van der Waals surface area contributed by atoms with Gasteiger partial charge in [-0.2, -0.15) is 4.98 Å². The molecule has 36 heavy (non-hydrogen) atoms. The zero-order valence-corrected chi connectivity index (χ0v) is 22.6. The quantitative estimate of drug-likeness (QED) is 0.220. The molecule has 0 spiro atoms. The number of carbonyl (C=O) groups is 1. The number of allylic oxidation sites excluding steroid dienone is 2. The Balaban J connectivity index is 1.69. The lowest BCUT2D eigenvalue weighted by atomic mass is 9.93. The van der Waals surface area contributed by atoms with Gasteiger partial charge < -0.3 is 14.8 Å². The average molecular weight is 527 g/mol. The molecule has 0 bridgehead atoms. The van der Waals surface area contributed by atoms with Crippen molar-refractivity contribution in [2.75, 3.05) is 17.7 Å². The topological polar surface area (TPSA) is 78.3 Å². The Morgan fingerprint density at radius 2 is 1.97 bits per heavy atom. The third-order valence-electron chi connectivity index (χ3n) is 5.87. The van der Waals surface area contributed by atoms with Crippen LogP contribution in [-0.2, 0) is 11.4 Å². The standard InChI is InChI=1S/C27H31ClN4O3S/c1-5-7-14-36-27-30-26-29-17(3)24(18(4)33)25(32(26)31-27)19-12-13-22(23(15-19)34-6-2)35-16-20-10-8-9-11-21(20)28/h8-13,15,25H,5-7,14,16H2,1-4H3,(H,29,30,31). The lowest BCUT2D eigenvalue weighted by Crippen LogP contribution is -2.27. The summed E-state index contributed by atoms with van der Waals surface area (Å²) >= 11 is 7.92. The first-order valence-corrected chi connectivity index (χ1v) is 13.5. The third-order valence-corrected chi connectivity index (χ3v) is 7.16. The Bertz CT molecular complexity index is 1270. The highest BCUT2D eigenvalue weighted by Crippen LogP contribution is 2.40. The highest BCUT2D eigenvalue weighted by atomic mass is 35.5. The molecular formula is C27H31ClN4O3S. The van der Waals surface area contributed by atoms with E-state index in [1.807, 2.05) is 56.3 Å². The molecule has 1 unspecified atom stereocenters. The number of ether oxygens (including phenoxy) is 2. The van der Waals surface area contributed by atoms with Crippen molar-refractivity contribution in [3.63, 3.8) is 0 Å². The summed E-state index contributed by atoms with van der Waals surface area (Å²) in [5.41, 5.74) is 3.17. The maximum absolute atomic E-state index is 12.8. The summed E-state index contributed by atoms with van der Waals surface area (Å²) in [4.78, 5) is 17.4. The van der Waals surface area contributed by atoms with Gasteiger partial charge in [-0.1, -0.05) is 61.0 Å². The van der Waals surface area contributed by atoms with Crippen molar-refractivity contribution >= 4 is 35.1 Å². The number of benzene rings is 2. The monoisotopic (exact) mass is 526 g/mol. The molecule has 3 aromatic rings. The van der Waals surface area contributed by atoms with Crippen LogP contribution in [0.3, 0.4) is 0 Å². The summed E-state index contributed by atoms with van der Waals surface area (Å²) in [6.45, 7) is 8.35. The van der Waals surface area contributed by atoms with Gasteiger partial charge in [-0.05, 0) is 51.0 Å². The van der Waals surface area contributed by atoms with Gasteiger partial charge in [0.15, 0.2) is 17.3 Å². The van der Waals surface area contributed by atoms with E-state index in [-0.39, 0.29) is 5.78 Å². The first-order valence-electron chi connectivity index (χ1n) is 12.1. The molecule has 4 rings (SSSR count). The minimum absolute atomic E-state index is 0.0247. The van der Waals surface area contributed by atoms with Gasteiger partial charge in [-0.3, -0.25) is 4.79 Å². The molecule has 1 aliphatic rings. The Hall–Kier alpha value is -2.97. The summed E-state index contributed by atoms with van der Waals surface area (Å²) < 4.78 is 13.8. The number of nitrogens with zero attached hydrogens (tertiary/aromatic N) is 3. The van der Waals surface area contributed by atoms with Crippen LogP contribution in [0.25, 0.3) is 0 Å². The molecule has 0 radical (unpaired) electrons. The predicted molar refractivity (Wildman–Crippen MR) is 144 cm³/mol. The fourth-order valence-electron chi connectivity index (χ4n) is 4.12. The predicted octanol–water partition coefficient (Wildman–Crippen LogP) is 6.68. The number of hydrogen-bond donors (Lipinski definition) is 1. The number of halogens is 1. The number of fused-ring (bicyclic) bond motifs is 1. The largest absolute Gasteiger partial charge is 0.490 e. The van der Waals surface area contributed by atoms with E-state index < -0.39 is 6.04 Å². The number of ketones is 1. The average Bonchev–Trinajstić information content (AvgIpc) is 3.25. The second-order valence-electron chi connectivity index (χ2n) is 8.51. The van der Waals surface area contributed by atoms with E-state index >= 15 is 0 Å². The highest BCUT2D eigenvalue weighted by molar-refractivity contribution is 7.99. The van der Waals surface area contributed by atoms with Gasteiger partial charge in [0.1, 0.15) is 12.6 Å². The van der Waals surface area contributed by atoms with E-state index in [1.54, 1.807) is 23.4 Å². The molecule has 0 aliphatic carbocycles. The van der Waals surface area contributed by atoms with Crippen LogP contribution in [-0.4, -0.2) is 32.9 Å². The fraction of sp³-hybridized carbons (Fsp3) is 0.370. The summed E-state index contributed by atoms with van der Waals surface area (Å²) in [5.74, 6) is 2.75. The minimum atomic E-state index is -0.427. The maximum atomic E-state index is 12.8. The number of nitrogens with one attached hydrogen (secondary N) is 1. The first-order chi connectivity index (χ1) is 17.4. The van der Waals surface area contributed by atoms with E-state index in [0.717, 1.165) is 35.4 Å². The van der Waals surface area contributed by atoms with Gasteiger partial charge in [0.05, 0.1) is 6.61 Å². The van der Waals surface area contributed by atoms with Gasteiger partial charge >= 0.3 is 0 Å². The number of carbonyl (C=O) groups excluding carboxylic acids is 1. The van der Waals surface area contributed by atoms with E-state index in [4.69, 9.17) is 26.2 Å². The lowest BCUT2D eigenvalue weighted by molar-refractivity contribution is -0.114. The molecule has 2 heterocycles. The van der Waals surface area contributed by atoms with Crippen LogP contribution >= 0.6 is 23.4 Å². The lowest BCUT2D eigenvalue weighted by Gasteiger charge is -2.28. The molecule has 0 amide bonds. The van der Waals surface area contributed by atoms with Crippen molar-refractivity contribution < 1.29 is 14.3 Å². The molecule has 7 nitrogen and oxygen atoms in total. The van der Waals surface area contributed by atoms with Gasteiger partial charge in [-0.15, -0.1) is 5.10 Å². The molecule has 0 saturated heterocycles. The normalized spacial score (nSPS) is 14.9. The SMILES string of the molecule is CCCCSc1nc2n(n1)C(c1ccc(OCc3ccccc3Cl)c(OCC)c1)C(C(C)=O)=C(C)N2. The molecule has 2 aromatic carbocycles. The van der Waals surface area contributed by atoms with Crippen molar-refractivity contribution in [1.82, 2.24) is 14.8 Å². The van der Waals surface area contributed by atoms with Crippen molar-refractivity contribution in [2.45, 2.75) is 58.3 Å². The summed E-state index contributed by atoms with van der Waals surface area (Å²) in [7, 11) is 0. The maximum Gasteiger partial charge on any atom is 0.227 e. The number of Topliss-reactive ketones (excluding diaryl/α,β-unsaturated/α-hetero) is 1. The van der Waals surface area contributed by atoms with Crippen molar-refractivity contribution in [1.29, 1.82) is 0 Å². The Labute approximate surface area is 221 Å². The second-order valence-corrected chi connectivity index (χ2v) is 9.98. The molecule has 0 saturated carbocycles. The molecular weight excluding hydrogens is 496 g/mol. The Morgan fingerprint density at radius 1 is 1.17 bits per heavy atom. The molecule has 1 N–H and O–H groups in total. The molecule has 1 aliphatic heterocycles. The van der Waals surface area contributed by atoms with E-state index in [1.165, 1.54) is 0 Å². The van der Waals surface area contributed by atoms with E-state index in [0.29, 0.717) is 46.4 Å². The zero-order valence-electron chi connectivity index (χ0n) is 21.0. The van der Waals surface area contributed by atoms with Crippen LogP contribution in [0, 0.1) is 0 Å². The minimum Gasteiger partial charge on any atom is -0.490 e. The first kappa shape index (κ1) is 26.1. The second kappa shape index (κ2) is 11.8. The number of anilines is 1. The van der Waals surface area contributed by atoms with Gasteiger partial charge in [0.2, 0.25) is 11.1 Å². The van der Waals surface area contributed by atoms with Crippen LogP contribution < -0.4 is 14.8 Å². The van der Waals surface area contributed by atoms with Gasteiger partial charge in [0, 0.05) is 27.6 Å². The summed E-state index contributed by atoms with van der Waals surface area (Å²) in [6.07, 6.45) is 2.20. The van der Waals surface area contributed by atoms with Gasteiger partial charge in [-0.25, -0.2) is 4.68 Å². The van der Waals surface area contributed by atoms with E-state index in [2.05, 4.69) is 17.2 Å². The smallest absolute Gasteiger partial charge is 0.227 e. The van der Waals surface area contributed by atoms with Crippen LogP contribution in [0.1, 0.15) is 57.7 Å². The van der Waals surface area contributed by atoms with Crippen molar-refractivity contribution in [3.8, 4) is 11.5 Å². The molecule has 190 valence electrons. The molecule has 9 heteroatoms. The molecule has 0 fully saturated rings. The van der Waals surface area contributed by atoms with Crippen LogP contribution in [0.15, 0.2) is 58.9 Å². The summed E-state index contributed by atoms with van der Waals surface area (Å²) in [5, 5.41) is 9.37. The van der Waals surface area contributed by atoms with E-state index in [9.17, 15) is 4.79 Å². The van der Waals surface area contributed by atoms with Crippen molar-refractivity contribution in [3.05, 3.63) is 69.9 Å². The third kappa shape index (κ3) is 5.71. The molecule has 1 aromatic heterocycles. The van der Waals surface area contributed by atoms with Crippen LogP contribution in [0.5, 0.6) is 11.5 Å². The number of unbranched alkanes of at least 4 members (excludes halogenated alkanes) is 1. The number of hydrogen-bond acceptors (Lipinski definition) is 7.